The largest absolute Gasteiger partial charge is 0.421 e. The first-order valence-corrected chi connectivity index (χ1v) is 9.89. The van der Waals surface area contributed by atoms with E-state index in [0.717, 1.165) is 22.7 Å². The Bertz CT molecular complexity index is 974. The Labute approximate surface area is 175 Å². The third kappa shape index (κ3) is 5.47. The van der Waals surface area contributed by atoms with E-state index in [0.29, 0.717) is 17.3 Å². The molecular formula is C21H20BrF3N4. The van der Waals surface area contributed by atoms with Gasteiger partial charge in [0.05, 0.1) is 0 Å². The lowest BCUT2D eigenvalue weighted by Gasteiger charge is -2.16. The Morgan fingerprint density at radius 3 is 2.41 bits per heavy atom. The van der Waals surface area contributed by atoms with Crippen molar-refractivity contribution in [2.45, 2.75) is 32.4 Å². The molecule has 4 nitrogen and oxygen atoms in total. The second-order valence-corrected chi connectivity index (χ2v) is 7.56. The molecule has 1 heterocycles. The minimum atomic E-state index is -4.58. The van der Waals surface area contributed by atoms with Crippen LogP contribution in [0.5, 0.6) is 0 Å². The van der Waals surface area contributed by atoms with E-state index in [4.69, 9.17) is 0 Å². The van der Waals surface area contributed by atoms with Gasteiger partial charge in [-0.2, -0.15) is 18.2 Å². The van der Waals surface area contributed by atoms with Crippen molar-refractivity contribution in [3.63, 3.8) is 0 Å². The summed E-state index contributed by atoms with van der Waals surface area (Å²) >= 11 is 3.34. The maximum Gasteiger partial charge on any atom is 0.421 e. The molecule has 0 fully saturated rings. The molecule has 8 heteroatoms. The van der Waals surface area contributed by atoms with Gasteiger partial charge in [0.15, 0.2) is 0 Å². The molecule has 2 N–H and O–H groups in total. The standard InChI is InChI=1S/C21H20BrF3N4/c1-3-13(2)14-5-4-6-17(11-14)27-19-18(21(23,24)25)12-26-20(29-19)28-16-9-7-15(22)8-10-16/h4-13H,3H2,1-2H3,(H2,26,27,28,29). The van der Waals surface area contributed by atoms with Crippen LogP contribution in [0.25, 0.3) is 0 Å². The highest BCUT2D eigenvalue weighted by Crippen LogP contribution is 2.35. The molecule has 2 aromatic carbocycles. The van der Waals surface area contributed by atoms with Crippen LogP contribution in [0.1, 0.15) is 37.3 Å². The molecular weight excluding hydrogens is 445 g/mol. The van der Waals surface area contributed by atoms with E-state index in [9.17, 15) is 13.2 Å². The highest BCUT2D eigenvalue weighted by molar-refractivity contribution is 9.10. The second kappa shape index (κ2) is 8.82. The lowest BCUT2D eigenvalue weighted by molar-refractivity contribution is -0.137. The number of hydrogen-bond acceptors (Lipinski definition) is 4. The Kier molecular flexibility index (Phi) is 6.42. The summed E-state index contributed by atoms with van der Waals surface area (Å²) in [6.45, 7) is 4.14. The van der Waals surface area contributed by atoms with Gasteiger partial charge in [0.1, 0.15) is 11.4 Å². The number of rotatable bonds is 6. The van der Waals surface area contributed by atoms with E-state index in [1.54, 1.807) is 18.2 Å². The number of anilines is 4. The predicted octanol–water partition coefficient (Wildman–Crippen LogP) is 7.26. The summed E-state index contributed by atoms with van der Waals surface area (Å²) in [4.78, 5) is 7.91. The molecule has 0 aliphatic rings. The van der Waals surface area contributed by atoms with Crippen molar-refractivity contribution in [3.8, 4) is 0 Å². The number of hydrogen-bond donors (Lipinski definition) is 2. The molecule has 0 aliphatic heterocycles. The Morgan fingerprint density at radius 2 is 1.76 bits per heavy atom. The summed E-state index contributed by atoms with van der Waals surface area (Å²) in [5.74, 6) is 0.0770. The van der Waals surface area contributed by atoms with Gasteiger partial charge in [0.2, 0.25) is 5.95 Å². The van der Waals surface area contributed by atoms with Crippen molar-refractivity contribution in [1.82, 2.24) is 9.97 Å². The molecule has 0 amide bonds. The molecule has 29 heavy (non-hydrogen) atoms. The van der Waals surface area contributed by atoms with Crippen LogP contribution in [0.15, 0.2) is 59.2 Å². The zero-order valence-corrected chi connectivity index (χ0v) is 17.5. The monoisotopic (exact) mass is 464 g/mol. The summed E-state index contributed by atoms with van der Waals surface area (Å²) in [6, 6.07) is 14.5. The average Bonchev–Trinajstić information content (AvgIpc) is 2.68. The minimum absolute atomic E-state index is 0.0703. The quantitative estimate of drug-likeness (QED) is 0.402. The van der Waals surface area contributed by atoms with Crippen LogP contribution in [-0.4, -0.2) is 9.97 Å². The first kappa shape index (κ1) is 21.1. The van der Waals surface area contributed by atoms with Crippen molar-refractivity contribution in [2.75, 3.05) is 10.6 Å². The molecule has 1 aromatic heterocycles. The maximum absolute atomic E-state index is 13.5. The smallest absolute Gasteiger partial charge is 0.340 e. The number of halogens is 4. The molecule has 1 atom stereocenters. The van der Waals surface area contributed by atoms with E-state index in [1.807, 2.05) is 30.3 Å². The molecule has 0 aliphatic carbocycles. The van der Waals surface area contributed by atoms with E-state index >= 15 is 0 Å². The molecule has 0 saturated carbocycles. The molecule has 3 aromatic rings. The summed E-state index contributed by atoms with van der Waals surface area (Å²) < 4.78 is 41.3. The topological polar surface area (TPSA) is 49.8 Å². The van der Waals surface area contributed by atoms with Crippen LogP contribution in [0.4, 0.5) is 36.3 Å². The van der Waals surface area contributed by atoms with Crippen molar-refractivity contribution in [3.05, 3.63) is 70.3 Å². The number of nitrogens with one attached hydrogen (secondary N) is 2. The fraction of sp³-hybridized carbons (Fsp3) is 0.238. The van der Waals surface area contributed by atoms with Crippen LogP contribution in [0, 0.1) is 0 Å². The van der Waals surface area contributed by atoms with E-state index < -0.39 is 11.7 Å². The fourth-order valence-corrected chi connectivity index (χ4v) is 2.97. The number of benzene rings is 2. The van der Waals surface area contributed by atoms with Gasteiger partial charge in [-0.1, -0.05) is 41.9 Å². The van der Waals surface area contributed by atoms with Crippen LogP contribution in [0.3, 0.4) is 0 Å². The summed E-state index contributed by atoms with van der Waals surface area (Å²) in [5, 5.41) is 5.74. The van der Waals surface area contributed by atoms with E-state index in [1.165, 1.54) is 0 Å². The lowest BCUT2D eigenvalue weighted by Crippen LogP contribution is -2.12. The second-order valence-electron chi connectivity index (χ2n) is 6.65. The normalized spacial score (nSPS) is 12.5. The summed E-state index contributed by atoms with van der Waals surface area (Å²) in [5.41, 5.74) is 1.33. The Hall–Kier alpha value is -2.61. The molecule has 0 bridgehead atoms. The lowest BCUT2D eigenvalue weighted by atomic mass is 9.98. The number of aromatic nitrogens is 2. The van der Waals surface area contributed by atoms with Crippen LogP contribution < -0.4 is 10.6 Å². The third-order valence-corrected chi connectivity index (χ3v) is 5.05. The van der Waals surface area contributed by atoms with Crippen LogP contribution >= 0.6 is 15.9 Å². The van der Waals surface area contributed by atoms with Crippen LogP contribution in [-0.2, 0) is 6.18 Å². The van der Waals surface area contributed by atoms with Gasteiger partial charge < -0.3 is 10.6 Å². The van der Waals surface area contributed by atoms with E-state index in [2.05, 4.69) is 50.4 Å². The van der Waals surface area contributed by atoms with Crippen molar-refractivity contribution >= 4 is 39.1 Å². The summed E-state index contributed by atoms with van der Waals surface area (Å²) in [7, 11) is 0. The van der Waals surface area contributed by atoms with Gasteiger partial charge in [0.25, 0.3) is 0 Å². The minimum Gasteiger partial charge on any atom is -0.340 e. The Morgan fingerprint density at radius 1 is 1.03 bits per heavy atom. The summed E-state index contributed by atoms with van der Waals surface area (Å²) in [6.07, 6.45) is -2.85. The maximum atomic E-state index is 13.5. The highest BCUT2D eigenvalue weighted by atomic mass is 79.9. The van der Waals surface area contributed by atoms with Gasteiger partial charge in [-0.25, -0.2) is 4.98 Å². The van der Waals surface area contributed by atoms with Crippen molar-refractivity contribution in [1.29, 1.82) is 0 Å². The fourth-order valence-electron chi connectivity index (χ4n) is 2.70. The molecule has 0 spiro atoms. The average molecular weight is 465 g/mol. The van der Waals surface area contributed by atoms with Gasteiger partial charge in [-0.05, 0) is 54.3 Å². The zero-order chi connectivity index (χ0) is 21.0. The Balaban J connectivity index is 1.93. The third-order valence-electron chi connectivity index (χ3n) is 4.53. The number of alkyl halides is 3. The van der Waals surface area contributed by atoms with Gasteiger partial charge in [-0.3, -0.25) is 0 Å². The SMILES string of the molecule is CCC(C)c1cccc(Nc2nc(Nc3ccc(Br)cc3)ncc2C(F)(F)F)c1. The van der Waals surface area contributed by atoms with Gasteiger partial charge >= 0.3 is 6.18 Å². The number of nitrogens with zero attached hydrogens (tertiary/aromatic N) is 2. The van der Waals surface area contributed by atoms with Crippen molar-refractivity contribution in [2.24, 2.45) is 0 Å². The first-order valence-electron chi connectivity index (χ1n) is 9.10. The van der Waals surface area contributed by atoms with Crippen molar-refractivity contribution < 1.29 is 13.2 Å². The predicted molar refractivity (Wildman–Crippen MR) is 113 cm³/mol. The molecule has 1 unspecified atom stereocenters. The molecule has 0 saturated heterocycles. The van der Waals surface area contributed by atoms with Gasteiger partial charge in [0, 0.05) is 22.0 Å². The highest BCUT2D eigenvalue weighted by Gasteiger charge is 2.35. The van der Waals surface area contributed by atoms with Gasteiger partial charge in [-0.15, -0.1) is 0 Å². The zero-order valence-electron chi connectivity index (χ0n) is 15.9. The van der Waals surface area contributed by atoms with Crippen LogP contribution in [0.2, 0.25) is 0 Å². The molecule has 0 radical (unpaired) electrons. The molecule has 152 valence electrons. The molecule has 3 rings (SSSR count). The first-order chi connectivity index (χ1) is 13.8. The van der Waals surface area contributed by atoms with E-state index in [-0.39, 0.29) is 11.8 Å².